The van der Waals surface area contributed by atoms with E-state index in [0.717, 1.165) is 5.56 Å². The van der Waals surface area contributed by atoms with Gasteiger partial charge in [-0.15, -0.1) is 0 Å². The van der Waals surface area contributed by atoms with Gasteiger partial charge in [0.25, 0.3) is 0 Å². The molecule has 1 unspecified atom stereocenters. The standard InChI is InChI=1S/C16H25O5P/c1-4-10-16(17)21-15(14-11-8-7-9-12-14)13-22(18,19-5-2)20-6-3/h7-9,11-12,15H,4-6,10,13H2,1-3H3. The van der Waals surface area contributed by atoms with Crippen molar-refractivity contribution < 1.29 is 23.1 Å². The number of esters is 1. The Kier molecular flexibility index (Phi) is 8.39. The first-order chi connectivity index (χ1) is 10.5. The maximum atomic E-state index is 12.7. The molecule has 1 aromatic carbocycles. The topological polar surface area (TPSA) is 61.8 Å². The third-order valence-electron chi connectivity index (χ3n) is 2.94. The largest absolute Gasteiger partial charge is 0.457 e. The van der Waals surface area contributed by atoms with E-state index in [1.54, 1.807) is 13.8 Å². The Labute approximate surface area is 132 Å². The lowest BCUT2D eigenvalue weighted by atomic mass is 10.1. The van der Waals surface area contributed by atoms with Crippen LogP contribution in [0.25, 0.3) is 0 Å². The number of carbonyl (C=O) groups excluding carboxylic acids is 1. The Bertz CT molecular complexity index is 479. The number of benzene rings is 1. The third-order valence-corrected chi connectivity index (χ3v) is 5.02. The molecule has 22 heavy (non-hydrogen) atoms. The number of rotatable bonds is 10. The summed E-state index contributed by atoms with van der Waals surface area (Å²) in [6.45, 7) is 5.98. The van der Waals surface area contributed by atoms with Crippen LogP contribution in [0.5, 0.6) is 0 Å². The highest BCUT2D eigenvalue weighted by Gasteiger charge is 2.31. The summed E-state index contributed by atoms with van der Waals surface area (Å²) in [7, 11) is -3.29. The SMILES string of the molecule is CCCC(=O)OC(CP(=O)(OCC)OCC)c1ccccc1. The molecule has 0 N–H and O–H groups in total. The number of hydrogen-bond donors (Lipinski definition) is 0. The summed E-state index contributed by atoms with van der Waals surface area (Å²) in [5.41, 5.74) is 0.784. The van der Waals surface area contributed by atoms with Gasteiger partial charge < -0.3 is 13.8 Å². The van der Waals surface area contributed by atoms with E-state index in [-0.39, 0.29) is 25.3 Å². The zero-order valence-corrected chi connectivity index (χ0v) is 14.4. The fourth-order valence-electron chi connectivity index (χ4n) is 2.04. The maximum Gasteiger partial charge on any atom is 0.334 e. The van der Waals surface area contributed by atoms with Gasteiger partial charge in [-0.2, -0.15) is 0 Å². The Balaban J connectivity index is 2.94. The molecule has 5 nitrogen and oxygen atoms in total. The van der Waals surface area contributed by atoms with Crippen LogP contribution in [0.2, 0.25) is 0 Å². The first-order valence-corrected chi connectivity index (χ1v) is 9.40. The van der Waals surface area contributed by atoms with Crippen molar-refractivity contribution in [3.05, 3.63) is 35.9 Å². The molecule has 0 fully saturated rings. The predicted octanol–water partition coefficient (Wildman–Crippen LogP) is 4.34. The van der Waals surface area contributed by atoms with Gasteiger partial charge in [0.05, 0.1) is 19.4 Å². The monoisotopic (exact) mass is 328 g/mol. The molecule has 0 bridgehead atoms. The van der Waals surface area contributed by atoms with Crippen molar-refractivity contribution in [3.63, 3.8) is 0 Å². The second-order valence-corrected chi connectivity index (χ2v) is 6.87. The van der Waals surface area contributed by atoms with Gasteiger partial charge in [-0.05, 0) is 25.8 Å². The first-order valence-electron chi connectivity index (χ1n) is 7.67. The predicted molar refractivity (Wildman–Crippen MR) is 85.9 cm³/mol. The molecule has 0 aliphatic rings. The van der Waals surface area contributed by atoms with E-state index in [0.29, 0.717) is 12.8 Å². The number of ether oxygens (including phenoxy) is 1. The van der Waals surface area contributed by atoms with Crippen LogP contribution in [-0.2, 0) is 23.1 Å². The Morgan fingerprint density at radius 3 is 2.18 bits per heavy atom. The molecule has 1 aromatic rings. The lowest BCUT2D eigenvalue weighted by molar-refractivity contribution is -0.148. The van der Waals surface area contributed by atoms with Crippen molar-refractivity contribution in [2.75, 3.05) is 19.4 Å². The van der Waals surface area contributed by atoms with Crippen molar-refractivity contribution in [1.82, 2.24) is 0 Å². The van der Waals surface area contributed by atoms with Crippen LogP contribution in [0.15, 0.2) is 30.3 Å². The van der Waals surface area contributed by atoms with E-state index in [4.69, 9.17) is 13.8 Å². The van der Waals surface area contributed by atoms with Gasteiger partial charge in [0.15, 0.2) is 0 Å². The van der Waals surface area contributed by atoms with Crippen molar-refractivity contribution >= 4 is 13.6 Å². The van der Waals surface area contributed by atoms with Gasteiger partial charge in [-0.25, -0.2) is 0 Å². The zero-order chi connectivity index (χ0) is 16.4. The van der Waals surface area contributed by atoms with Gasteiger partial charge in [-0.1, -0.05) is 37.3 Å². The molecular weight excluding hydrogens is 303 g/mol. The molecule has 6 heteroatoms. The molecule has 124 valence electrons. The summed E-state index contributed by atoms with van der Waals surface area (Å²) < 4.78 is 28.8. The zero-order valence-electron chi connectivity index (χ0n) is 13.5. The van der Waals surface area contributed by atoms with E-state index in [9.17, 15) is 9.36 Å². The number of hydrogen-bond acceptors (Lipinski definition) is 5. The number of carbonyl (C=O) groups is 1. The second-order valence-electron chi connectivity index (χ2n) is 4.77. The molecule has 0 saturated carbocycles. The molecule has 0 heterocycles. The van der Waals surface area contributed by atoms with Gasteiger partial charge >= 0.3 is 13.6 Å². The summed E-state index contributed by atoms with van der Waals surface area (Å²) in [5.74, 6) is -0.309. The molecule has 0 saturated heterocycles. The van der Waals surface area contributed by atoms with Crippen LogP contribution in [0.1, 0.15) is 45.3 Å². The van der Waals surface area contributed by atoms with Gasteiger partial charge in [0, 0.05) is 6.42 Å². The van der Waals surface area contributed by atoms with E-state index < -0.39 is 13.7 Å². The average Bonchev–Trinajstić information content (AvgIpc) is 2.48. The van der Waals surface area contributed by atoms with Gasteiger partial charge in [0.2, 0.25) is 0 Å². The van der Waals surface area contributed by atoms with Crippen molar-refractivity contribution in [2.45, 2.75) is 39.7 Å². The van der Waals surface area contributed by atoms with Crippen LogP contribution in [0.4, 0.5) is 0 Å². The smallest absolute Gasteiger partial charge is 0.334 e. The highest BCUT2D eigenvalue weighted by Crippen LogP contribution is 2.51. The molecule has 1 atom stereocenters. The van der Waals surface area contributed by atoms with Crippen molar-refractivity contribution in [3.8, 4) is 0 Å². The summed E-state index contributed by atoms with van der Waals surface area (Å²) in [6, 6.07) is 9.25. The first kappa shape index (κ1) is 18.9. The second kappa shape index (κ2) is 9.78. The average molecular weight is 328 g/mol. The normalized spacial score (nSPS) is 12.9. The summed E-state index contributed by atoms with van der Waals surface area (Å²) in [4.78, 5) is 11.8. The molecule has 0 spiro atoms. The maximum absolute atomic E-state index is 12.7. The van der Waals surface area contributed by atoms with Crippen LogP contribution >= 0.6 is 7.60 Å². The Morgan fingerprint density at radius 2 is 1.68 bits per heavy atom. The minimum Gasteiger partial charge on any atom is -0.457 e. The molecule has 0 aliphatic heterocycles. The minimum absolute atomic E-state index is 0.0220. The van der Waals surface area contributed by atoms with Crippen LogP contribution in [0, 0.1) is 0 Å². The molecule has 0 radical (unpaired) electrons. The van der Waals surface area contributed by atoms with Crippen molar-refractivity contribution in [1.29, 1.82) is 0 Å². The lowest BCUT2D eigenvalue weighted by Gasteiger charge is -2.23. The van der Waals surface area contributed by atoms with E-state index in [2.05, 4.69) is 0 Å². The summed E-state index contributed by atoms with van der Waals surface area (Å²) in [6.07, 6.45) is 0.421. The van der Waals surface area contributed by atoms with E-state index in [1.165, 1.54) is 0 Å². The third kappa shape index (κ3) is 6.30. The highest BCUT2D eigenvalue weighted by atomic mass is 31.2. The quantitative estimate of drug-likeness (QED) is 0.472. The fourth-order valence-corrected chi connectivity index (χ4v) is 3.80. The molecular formula is C16H25O5P. The van der Waals surface area contributed by atoms with E-state index >= 15 is 0 Å². The fraction of sp³-hybridized carbons (Fsp3) is 0.562. The summed E-state index contributed by atoms with van der Waals surface area (Å²) in [5, 5.41) is 0. The van der Waals surface area contributed by atoms with Crippen LogP contribution < -0.4 is 0 Å². The Hall–Kier alpha value is -1.16. The molecule has 0 amide bonds. The van der Waals surface area contributed by atoms with Gasteiger partial charge in [-0.3, -0.25) is 9.36 Å². The minimum atomic E-state index is -3.29. The van der Waals surface area contributed by atoms with Crippen molar-refractivity contribution in [2.24, 2.45) is 0 Å². The molecule has 0 aliphatic carbocycles. The lowest BCUT2D eigenvalue weighted by Crippen LogP contribution is -2.16. The molecule has 0 aromatic heterocycles. The van der Waals surface area contributed by atoms with Gasteiger partial charge in [0.1, 0.15) is 6.10 Å². The molecule has 1 rings (SSSR count). The van der Waals surface area contributed by atoms with Crippen LogP contribution in [-0.4, -0.2) is 25.3 Å². The summed E-state index contributed by atoms with van der Waals surface area (Å²) >= 11 is 0. The van der Waals surface area contributed by atoms with E-state index in [1.807, 2.05) is 37.3 Å². The van der Waals surface area contributed by atoms with Crippen LogP contribution in [0.3, 0.4) is 0 Å². The highest BCUT2D eigenvalue weighted by molar-refractivity contribution is 7.53. The Morgan fingerprint density at radius 1 is 1.09 bits per heavy atom.